The van der Waals surface area contributed by atoms with Gasteiger partial charge in [0.1, 0.15) is 17.7 Å². The molecule has 0 amide bonds. The molecule has 0 aliphatic carbocycles. The Morgan fingerprint density at radius 2 is 2.05 bits per heavy atom. The van der Waals surface area contributed by atoms with Gasteiger partial charge in [0.25, 0.3) is 0 Å². The summed E-state index contributed by atoms with van der Waals surface area (Å²) < 4.78 is 20.3. The van der Waals surface area contributed by atoms with Crippen LogP contribution in [0.25, 0.3) is 0 Å². The summed E-state index contributed by atoms with van der Waals surface area (Å²) in [6.07, 6.45) is 0.562. The van der Waals surface area contributed by atoms with Crippen LogP contribution in [-0.2, 0) is 0 Å². The van der Waals surface area contributed by atoms with Crippen LogP contribution in [0.1, 0.15) is 35.3 Å². The van der Waals surface area contributed by atoms with Gasteiger partial charge < -0.3 is 10.5 Å². The normalized spacial score (nSPS) is 21.2. The second-order valence-corrected chi connectivity index (χ2v) is 5.99. The molecule has 0 spiro atoms. The SMILES string of the molecule is Cc1cc(C2C[C@H](N)c3cc(F)ccc3O2)ccc1Br. The van der Waals surface area contributed by atoms with Crippen LogP contribution >= 0.6 is 15.9 Å². The number of halogens is 2. The first kappa shape index (κ1) is 13.6. The highest BCUT2D eigenvalue weighted by atomic mass is 79.9. The summed E-state index contributed by atoms with van der Waals surface area (Å²) in [5, 5.41) is 0. The first-order chi connectivity index (χ1) is 9.54. The van der Waals surface area contributed by atoms with Crippen molar-refractivity contribution in [2.75, 3.05) is 0 Å². The van der Waals surface area contributed by atoms with E-state index in [1.165, 1.54) is 12.1 Å². The van der Waals surface area contributed by atoms with Crippen LogP contribution in [-0.4, -0.2) is 0 Å². The van der Waals surface area contributed by atoms with E-state index in [2.05, 4.69) is 22.0 Å². The Morgan fingerprint density at radius 1 is 1.25 bits per heavy atom. The van der Waals surface area contributed by atoms with Crippen molar-refractivity contribution in [2.24, 2.45) is 5.73 Å². The molecule has 1 heterocycles. The second-order valence-electron chi connectivity index (χ2n) is 5.14. The number of nitrogens with two attached hydrogens (primary N) is 1. The molecule has 0 saturated heterocycles. The Labute approximate surface area is 125 Å². The lowest BCUT2D eigenvalue weighted by Crippen LogP contribution is -2.24. The molecule has 1 aliphatic rings. The van der Waals surface area contributed by atoms with E-state index < -0.39 is 0 Å². The fraction of sp³-hybridized carbons (Fsp3) is 0.250. The molecule has 2 N–H and O–H groups in total. The third-order valence-corrected chi connectivity index (χ3v) is 4.55. The highest BCUT2D eigenvalue weighted by Crippen LogP contribution is 2.40. The molecule has 0 fully saturated rings. The van der Waals surface area contributed by atoms with Gasteiger partial charge in [-0.25, -0.2) is 4.39 Å². The maximum absolute atomic E-state index is 13.3. The molecular weight excluding hydrogens is 321 g/mol. The van der Waals surface area contributed by atoms with Gasteiger partial charge in [0.15, 0.2) is 0 Å². The number of hydrogen-bond acceptors (Lipinski definition) is 2. The summed E-state index contributed by atoms with van der Waals surface area (Å²) in [5.74, 6) is 0.399. The first-order valence-corrected chi connectivity index (χ1v) is 7.31. The summed E-state index contributed by atoms with van der Waals surface area (Å²) in [5.41, 5.74) is 9.15. The zero-order chi connectivity index (χ0) is 14.3. The van der Waals surface area contributed by atoms with Crippen LogP contribution < -0.4 is 10.5 Å². The van der Waals surface area contributed by atoms with Crippen LogP contribution in [0.5, 0.6) is 5.75 Å². The molecule has 0 saturated carbocycles. The van der Waals surface area contributed by atoms with Gasteiger partial charge in [0, 0.05) is 22.5 Å². The van der Waals surface area contributed by atoms with Crippen molar-refractivity contribution in [3.8, 4) is 5.75 Å². The van der Waals surface area contributed by atoms with E-state index >= 15 is 0 Å². The topological polar surface area (TPSA) is 35.2 Å². The Balaban J connectivity index is 1.94. The Kier molecular flexibility index (Phi) is 3.52. The number of rotatable bonds is 1. The molecule has 0 aromatic heterocycles. The fourth-order valence-corrected chi connectivity index (χ4v) is 2.79. The zero-order valence-electron chi connectivity index (χ0n) is 11.1. The van der Waals surface area contributed by atoms with E-state index in [-0.39, 0.29) is 18.0 Å². The van der Waals surface area contributed by atoms with Crippen LogP contribution in [0.3, 0.4) is 0 Å². The predicted molar refractivity (Wildman–Crippen MR) is 80.2 cm³/mol. The van der Waals surface area contributed by atoms with E-state index in [1.807, 2.05) is 19.1 Å². The summed E-state index contributed by atoms with van der Waals surface area (Å²) in [6, 6.07) is 10.5. The lowest BCUT2D eigenvalue weighted by molar-refractivity contribution is 0.161. The van der Waals surface area contributed by atoms with E-state index in [4.69, 9.17) is 10.5 Å². The van der Waals surface area contributed by atoms with E-state index in [0.29, 0.717) is 12.2 Å². The van der Waals surface area contributed by atoms with Gasteiger partial charge in [-0.1, -0.05) is 28.1 Å². The average molecular weight is 336 g/mol. The van der Waals surface area contributed by atoms with Crippen molar-refractivity contribution in [1.29, 1.82) is 0 Å². The zero-order valence-corrected chi connectivity index (χ0v) is 12.7. The van der Waals surface area contributed by atoms with Crippen LogP contribution in [0.4, 0.5) is 4.39 Å². The second kappa shape index (κ2) is 5.19. The molecule has 3 rings (SSSR count). The Bertz CT molecular complexity index is 659. The van der Waals surface area contributed by atoms with E-state index in [9.17, 15) is 4.39 Å². The van der Waals surface area contributed by atoms with Crippen molar-refractivity contribution in [3.05, 3.63) is 63.4 Å². The molecule has 1 unspecified atom stereocenters. The molecule has 4 heteroatoms. The highest BCUT2D eigenvalue weighted by molar-refractivity contribution is 9.10. The number of benzene rings is 2. The molecule has 2 aromatic rings. The van der Waals surface area contributed by atoms with Gasteiger partial charge in [0.2, 0.25) is 0 Å². The van der Waals surface area contributed by atoms with Crippen LogP contribution in [0.15, 0.2) is 40.9 Å². The largest absolute Gasteiger partial charge is 0.485 e. The minimum atomic E-state index is -0.277. The van der Waals surface area contributed by atoms with Gasteiger partial charge in [-0.15, -0.1) is 0 Å². The quantitative estimate of drug-likeness (QED) is 0.837. The molecule has 2 aromatic carbocycles. The number of fused-ring (bicyclic) bond motifs is 1. The standard InChI is InChI=1S/C16H15BrFNO/c1-9-6-10(2-4-13(9)17)16-8-14(19)12-7-11(18)3-5-15(12)20-16/h2-7,14,16H,8,19H2,1H3/t14-,16?/m0/s1. The number of ether oxygens (including phenoxy) is 1. The molecule has 104 valence electrons. The van der Waals surface area contributed by atoms with Crippen molar-refractivity contribution in [2.45, 2.75) is 25.5 Å². The Hall–Kier alpha value is -1.39. The average Bonchev–Trinajstić information content (AvgIpc) is 2.42. The first-order valence-electron chi connectivity index (χ1n) is 6.52. The third-order valence-electron chi connectivity index (χ3n) is 3.66. The molecule has 0 radical (unpaired) electrons. The van der Waals surface area contributed by atoms with Crippen LogP contribution in [0, 0.1) is 12.7 Å². The van der Waals surface area contributed by atoms with Gasteiger partial charge in [-0.2, -0.15) is 0 Å². The summed E-state index contributed by atoms with van der Waals surface area (Å²) >= 11 is 3.49. The third kappa shape index (κ3) is 2.45. The van der Waals surface area contributed by atoms with Gasteiger partial charge in [-0.05, 0) is 42.3 Å². The predicted octanol–water partition coefficient (Wildman–Crippen LogP) is 4.42. The summed E-state index contributed by atoms with van der Waals surface area (Å²) in [6.45, 7) is 2.04. The number of aryl methyl sites for hydroxylation is 1. The van der Waals surface area contributed by atoms with Gasteiger partial charge in [-0.3, -0.25) is 0 Å². The van der Waals surface area contributed by atoms with Gasteiger partial charge >= 0.3 is 0 Å². The molecule has 2 nitrogen and oxygen atoms in total. The lowest BCUT2D eigenvalue weighted by atomic mass is 9.93. The minimum absolute atomic E-state index is 0.0882. The molecular formula is C16H15BrFNO. The van der Waals surface area contributed by atoms with Crippen LogP contribution in [0.2, 0.25) is 0 Å². The van der Waals surface area contributed by atoms with Gasteiger partial charge in [0.05, 0.1) is 0 Å². The van der Waals surface area contributed by atoms with Crippen molar-refractivity contribution in [1.82, 2.24) is 0 Å². The maximum Gasteiger partial charge on any atom is 0.126 e. The molecule has 0 bridgehead atoms. The number of hydrogen-bond donors (Lipinski definition) is 1. The molecule has 1 aliphatic heterocycles. The minimum Gasteiger partial charge on any atom is -0.485 e. The molecule has 2 atom stereocenters. The smallest absolute Gasteiger partial charge is 0.126 e. The Morgan fingerprint density at radius 3 is 2.80 bits per heavy atom. The monoisotopic (exact) mass is 335 g/mol. The van der Waals surface area contributed by atoms with Crippen molar-refractivity contribution >= 4 is 15.9 Å². The van der Waals surface area contributed by atoms with E-state index in [1.54, 1.807) is 6.07 Å². The maximum atomic E-state index is 13.3. The molecule has 20 heavy (non-hydrogen) atoms. The highest BCUT2D eigenvalue weighted by Gasteiger charge is 2.27. The van der Waals surface area contributed by atoms with Crippen molar-refractivity contribution in [3.63, 3.8) is 0 Å². The van der Waals surface area contributed by atoms with E-state index in [0.717, 1.165) is 21.2 Å². The summed E-state index contributed by atoms with van der Waals surface area (Å²) in [4.78, 5) is 0. The lowest BCUT2D eigenvalue weighted by Gasteiger charge is -2.30. The fourth-order valence-electron chi connectivity index (χ4n) is 2.55. The van der Waals surface area contributed by atoms with Crippen molar-refractivity contribution < 1.29 is 9.13 Å². The summed E-state index contributed by atoms with van der Waals surface area (Å²) in [7, 11) is 0.